The highest BCUT2D eigenvalue weighted by molar-refractivity contribution is 5.88. The van der Waals surface area contributed by atoms with Crippen LogP contribution >= 0.6 is 0 Å². The topological polar surface area (TPSA) is 29.1 Å². The highest BCUT2D eigenvalue weighted by Crippen LogP contribution is 2.33. The Kier molecular flexibility index (Phi) is 1.79. The van der Waals surface area contributed by atoms with Crippen molar-refractivity contribution in [2.24, 2.45) is 0 Å². The van der Waals surface area contributed by atoms with Gasteiger partial charge in [0.15, 0.2) is 0 Å². The zero-order chi connectivity index (χ0) is 7.61. The molecule has 1 rings (SSSR count). The van der Waals surface area contributed by atoms with Gasteiger partial charge in [0, 0.05) is 5.54 Å². The Hall–Kier alpha value is -0.790. The standard InChI is InChI=1S/C8H13NO/c1-3-4-7(10)9-8(2)5-6-8/h3-4H,5-6H2,1-2H3,(H,9,10)/b4-3+. The number of rotatable bonds is 2. The summed E-state index contributed by atoms with van der Waals surface area (Å²) in [5.74, 6) is 0.0301. The van der Waals surface area contributed by atoms with Gasteiger partial charge in [-0.2, -0.15) is 0 Å². The molecule has 1 aliphatic rings. The van der Waals surface area contributed by atoms with Crippen LogP contribution in [0, 0.1) is 0 Å². The van der Waals surface area contributed by atoms with Gasteiger partial charge in [-0.3, -0.25) is 4.79 Å². The third-order valence-electron chi connectivity index (χ3n) is 1.74. The molecule has 0 heterocycles. The summed E-state index contributed by atoms with van der Waals surface area (Å²) in [5.41, 5.74) is 0.122. The highest BCUT2D eigenvalue weighted by Gasteiger charge is 2.37. The first-order chi connectivity index (χ1) is 4.66. The number of carbonyl (C=O) groups is 1. The van der Waals surface area contributed by atoms with Crippen LogP contribution in [0.25, 0.3) is 0 Å². The Labute approximate surface area is 61.3 Å². The number of hydrogen-bond donors (Lipinski definition) is 1. The molecule has 2 nitrogen and oxygen atoms in total. The van der Waals surface area contributed by atoms with Crippen molar-refractivity contribution in [2.75, 3.05) is 0 Å². The molecule has 0 atom stereocenters. The fourth-order valence-electron chi connectivity index (χ4n) is 0.803. The van der Waals surface area contributed by atoms with Crippen LogP contribution in [-0.2, 0) is 4.79 Å². The van der Waals surface area contributed by atoms with Gasteiger partial charge in [0.2, 0.25) is 5.91 Å². The maximum absolute atomic E-state index is 10.9. The summed E-state index contributed by atoms with van der Waals surface area (Å²) >= 11 is 0. The molecular weight excluding hydrogens is 126 g/mol. The minimum atomic E-state index is 0.0301. The van der Waals surface area contributed by atoms with Crippen molar-refractivity contribution in [3.8, 4) is 0 Å². The lowest BCUT2D eigenvalue weighted by molar-refractivity contribution is -0.117. The molecule has 1 fully saturated rings. The fraction of sp³-hybridized carbons (Fsp3) is 0.625. The minimum Gasteiger partial charge on any atom is -0.347 e. The number of carbonyl (C=O) groups excluding carboxylic acids is 1. The van der Waals surface area contributed by atoms with Crippen molar-refractivity contribution in [2.45, 2.75) is 32.2 Å². The Morgan fingerprint density at radius 1 is 1.60 bits per heavy atom. The van der Waals surface area contributed by atoms with Crippen molar-refractivity contribution in [3.05, 3.63) is 12.2 Å². The second kappa shape index (κ2) is 2.45. The lowest BCUT2D eigenvalue weighted by Crippen LogP contribution is -2.32. The van der Waals surface area contributed by atoms with Gasteiger partial charge in [0.25, 0.3) is 0 Å². The molecule has 1 aliphatic carbocycles. The molecule has 2 heteroatoms. The maximum Gasteiger partial charge on any atom is 0.244 e. The quantitative estimate of drug-likeness (QED) is 0.573. The Bertz CT molecular complexity index is 168. The number of amides is 1. The van der Waals surface area contributed by atoms with E-state index in [1.54, 1.807) is 12.2 Å². The average molecular weight is 139 g/mol. The van der Waals surface area contributed by atoms with E-state index in [1.807, 2.05) is 6.92 Å². The predicted molar refractivity (Wildman–Crippen MR) is 40.6 cm³/mol. The molecule has 10 heavy (non-hydrogen) atoms. The van der Waals surface area contributed by atoms with Gasteiger partial charge in [0.05, 0.1) is 0 Å². The van der Waals surface area contributed by atoms with Crippen molar-refractivity contribution >= 4 is 5.91 Å². The average Bonchev–Trinajstić information content (AvgIpc) is 2.48. The van der Waals surface area contributed by atoms with Gasteiger partial charge in [-0.05, 0) is 32.8 Å². The monoisotopic (exact) mass is 139 g/mol. The van der Waals surface area contributed by atoms with Crippen LogP contribution in [0.4, 0.5) is 0 Å². The van der Waals surface area contributed by atoms with Crippen LogP contribution < -0.4 is 5.32 Å². The number of hydrogen-bond acceptors (Lipinski definition) is 1. The molecule has 1 amide bonds. The first-order valence-corrected chi connectivity index (χ1v) is 3.61. The molecule has 0 aliphatic heterocycles. The Balaban J connectivity index is 2.31. The summed E-state index contributed by atoms with van der Waals surface area (Å²) in [4.78, 5) is 10.9. The second-order valence-corrected chi connectivity index (χ2v) is 3.05. The molecule has 0 aromatic carbocycles. The number of allylic oxidation sites excluding steroid dienone is 1. The summed E-state index contributed by atoms with van der Waals surface area (Å²) < 4.78 is 0. The molecule has 0 unspecified atom stereocenters. The molecule has 0 aromatic rings. The van der Waals surface area contributed by atoms with E-state index in [0.29, 0.717) is 0 Å². The molecule has 56 valence electrons. The molecular formula is C8H13NO. The predicted octanol–water partition coefficient (Wildman–Crippen LogP) is 1.23. The lowest BCUT2D eigenvalue weighted by Gasteiger charge is -2.07. The van der Waals surface area contributed by atoms with Gasteiger partial charge in [-0.15, -0.1) is 0 Å². The van der Waals surface area contributed by atoms with E-state index in [9.17, 15) is 4.79 Å². The van der Waals surface area contributed by atoms with Gasteiger partial charge in [-0.1, -0.05) is 6.08 Å². The van der Waals surface area contributed by atoms with Crippen molar-refractivity contribution in [3.63, 3.8) is 0 Å². The molecule has 0 bridgehead atoms. The molecule has 1 N–H and O–H groups in total. The summed E-state index contributed by atoms with van der Waals surface area (Å²) in [6, 6.07) is 0. The smallest absolute Gasteiger partial charge is 0.244 e. The van der Waals surface area contributed by atoms with E-state index < -0.39 is 0 Å². The van der Waals surface area contributed by atoms with E-state index in [-0.39, 0.29) is 11.4 Å². The van der Waals surface area contributed by atoms with E-state index in [4.69, 9.17) is 0 Å². The normalized spacial score (nSPS) is 21.0. The highest BCUT2D eigenvalue weighted by atomic mass is 16.1. The fourth-order valence-corrected chi connectivity index (χ4v) is 0.803. The van der Waals surface area contributed by atoms with Crippen LogP contribution in [0.5, 0.6) is 0 Å². The van der Waals surface area contributed by atoms with Crippen LogP contribution in [0.3, 0.4) is 0 Å². The summed E-state index contributed by atoms with van der Waals surface area (Å²) in [6.45, 7) is 3.91. The minimum absolute atomic E-state index is 0.0301. The molecule has 0 aromatic heterocycles. The first-order valence-electron chi connectivity index (χ1n) is 3.61. The second-order valence-electron chi connectivity index (χ2n) is 3.05. The maximum atomic E-state index is 10.9. The van der Waals surface area contributed by atoms with Gasteiger partial charge in [-0.25, -0.2) is 0 Å². The zero-order valence-electron chi connectivity index (χ0n) is 6.48. The largest absolute Gasteiger partial charge is 0.347 e. The van der Waals surface area contributed by atoms with Gasteiger partial charge < -0.3 is 5.32 Å². The van der Waals surface area contributed by atoms with Crippen LogP contribution in [0.1, 0.15) is 26.7 Å². The summed E-state index contributed by atoms with van der Waals surface area (Å²) in [7, 11) is 0. The number of nitrogens with one attached hydrogen (secondary N) is 1. The zero-order valence-corrected chi connectivity index (χ0v) is 6.48. The van der Waals surface area contributed by atoms with E-state index in [0.717, 1.165) is 12.8 Å². The Morgan fingerprint density at radius 3 is 2.60 bits per heavy atom. The van der Waals surface area contributed by atoms with Crippen LogP contribution in [0.2, 0.25) is 0 Å². The molecule has 1 saturated carbocycles. The third kappa shape index (κ3) is 1.87. The van der Waals surface area contributed by atoms with Gasteiger partial charge in [0.1, 0.15) is 0 Å². The SMILES string of the molecule is C/C=C/C(=O)NC1(C)CC1. The molecule has 0 saturated heterocycles. The van der Waals surface area contributed by atoms with Crippen molar-refractivity contribution < 1.29 is 4.79 Å². The van der Waals surface area contributed by atoms with Crippen LogP contribution in [-0.4, -0.2) is 11.4 Å². The Morgan fingerprint density at radius 2 is 2.20 bits per heavy atom. The third-order valence-corrected chi connectivity index (χ3v) is 1.74. The van der Waals surface area contributed by atoms with E-state index in [1.165, 1.54) is 0 Å². The summed E-state index contributed by atoms with van der Waals surface area (Å²) in [6.07, 6.45) is 5.55. The summed E-state index contributed by atoms with van der Waals surface area (Å²) in [5, 5.41) is 2.91. The molecule has 0 spiro atoms. The van der Waals surface area contributed by atoms with Crippen LogP contribution in [0.15, 0.2) is 12.2 Å². The lowest BCUT2D eigenvalue weighted by atomic mass is 10.3. The van der Waals surface area contributed by atoms with Crippen molar-refractivity contribution in [1.29, 1.82) is 0 Å². The molecule has 0 radical (unpaired) electrons. The van der Waals surface area contributed by atoms with Gasteiger partial charge >= 0.3 is 0 Å². The van der Waals surface area contributed by atoms with Crippen molar-refractivity contribution in [1.82, 2.24) is 5.32 Å². The van der Waals surface area contributed by atoms with E-state index >= 15 is 0 Å². The van der Waals surface area contributed by atoms with E-state index in [2.05, 4.69) is 12.2 Å². The first kappa shape index (κ1) is 7.32.